The largest absolute Gasteiger partial charge is 0.508 e. The molecular formula is C22H20N2O2. The summed E-state index contributed by atoms with van der Waals surface area (Å²) in [6.07, 6.45) is 4.53. The maximum atomic E-state index is 10.0. The number of H-pyrrole nitrogens is 1. The van der Waals surface area contributed by atoms with Crippen LogP contribution in [0.15, 0.2) is 71.5 Å². The Labute approximate surface area is 151 Å². The van der Waals surface area contributed by atoms with Crippen LogP contribution >= 0.6 is 0 Å². The van der Waals surface area contributed by atoms with Crippen LogP contribution in [0.4, 0.5) is 0 Å². The number of nitrogens with zero attached hydrogens (tertiary/aromatic N) is 1. The molecule has 2 aromatic heterocycles. The summed E-state index contributed by atoms with van der Waals surface area (Å²) in [4.78, 5) is 6.09. The van der Waals surface area contributed by atoms with Crippen molar-refractivity contribution in [3.63, 3.8) is 0 Å². The van der Waals surface area contributed by atoms with Gasteiger partial charge in [0.05, 0.1) is 18.6 Å². The molecule has 26 heavy (non-hydrogen) atoms. The van der Waals surface area contributed by atoms with Gasteiger partial charge in [0, 0.05) is 35.2 Å². The van der Waals surface area contributed by atoms with Crippen molar-refractivity contribution >= 4 is 10.9 Å². The molecule has 0 amide bonds. The van der Waals surface area contributed by atoms with E-state index in [9.17, 15) is 5.11 Å². The zero-order valence-corrected chi connectivity index (χ0v) is 14.4. The lowest BCUT2D eigenvalue weighted by molar-refractivity contribution is 0.201. The van der Waals surface area contributed by atoms with E-state index in [4.69, 9.17) is 4.42 Å². The van der Waals surface area contributed by atoms with Crippen molar-refractivity contribution in [2.45, 2.75) is 19.0 Å². The van der Waals surface area contributed by atoms with E-state index in [1.165, 1.54) is 22.2 Å². The van der Waals surface area contributed by atoms with Gasteiger partial charge in [-0.2, -0.15) is 0 Å². The van der Waals surface area contributed by atoms with Gasteiger partial charge in [-0.15, -0.1) is 0 Å². The summed E-state index contributed by atoms with van der Waals surface area (Å²) >= 11 is 0. The number of benzene rings is 2. The van der Waals surface area contributed by atoms with E-state index in [0.29, 0.717) is 5.75 Å². The Morgan fingerprint density at radius 2 is 2.04 bits per heavy atom. The van der Waals surface area contributed by atoms with E-state index in [0.717, 1.165) is 30.6 Å². The zero-order valence-electron chi connectivity index (χ0n) is 14.4. The molecule has 2 N–H and O–H groups in total. The number of hydrogen-bond donors (Lipinski definition) is 2. The molecule has 0 radical (unpaired) electrons. The van der Waals surface area contributed by atoms with E-state index in [2.05, 4.69) is 40.2 Å². The van der Waals surface area contributed by atoms with E-state index in [1.54, 1.807) is 18.6 Å². The highest BCUT2D eigenvalue weighted by molar-refractivity contribution is 5.85. The minimum Gasteiger partial charge on any atom is -0.508 e. The van der Waals surface area contributed by atoms with Crippen LogP contribution < -0.4 is 0 Å². The molecule has 2 aromatic carbocycles. The normalized spacial score (nSPS) is 17.5. The summed E-state index contributed by atoms with van der Waals surface area (Å²) in [6, 6.07) is 18.2. The number of aromatic nitrogens is 1. The van der Waals surface area contributed by atoms with E-state index in [-0.39, 0.29) is 6.04 Å². The molecule has 0 aliphatic carbocycles. The third-order valence-corrected chi connectivity index (χ3v) is 5.29. The molecule has 1 atom stereocenters. The van der Waals surface area contributed by atoms with Crippen LogP contribution in [0.1, 0.15) is 28.4 Å². The van der Waals surface area contributed by atoms with Gasteiger partial charge in [0.25, 0.3) is 0 Å². The van der Waals surface area contributed by atoms with Crippen molar-refractivity contribution in [2.24, 2.45) is 0 Å². The van der Waals surface area contributed by atoms with Crippen LogP contribution in [0, 0.1) is 0 Å². The van der Waals surface area contributed by atoms with Crippen LogP contribution in [-0.2, 0) is 13.0 Å². The summed E-state index contributed by atoms with van der Waals surface area (Å²) in [5.41, 5.74) is 6.05. The average molecular weight is 344 g/mol. The summed E-state index contributed by atoms with van der Waals surface area (Å²) in [5.74, 6) is 0.300. The number of aromatic hydroxyl groups is 1. The predicted octanol–water partition coefficient (Wildman–Crippen LogP) is 4.61. The second-order valence-electron chi connectivity index (χ2n) is 6.91. The number of aromatic amines is 1. The summed E-state index contributed by atoms with van der Waals surface area (Å²) in [7, 11) is 0. The summed E-state index contributed by atoms with van der Waals surface area (Å²) in [5, 5.41) is 11.3. The molecule has 4 heteroatoms. The number of phenolic OH excluding ortho intramolecular Hbond substituents is 1. The Bertz CT molecular complexity index is 1050. The average Bonchev–Trinajstić information content (AvgIpc) is 3.28. The standard InChI is InChI=1S/C22H20N2O2/c25-17-5-3-4-16(12-17)22-21-19(18-6-1-2-7-20(18)23-21)8-10-24(22)13-15-9-11-26-14-15/h1-7,9,11-12,14,22-23,25H,8,10,13H2/t22-/m0/s1. The molecule has 0 spiro atoms. The second-order valence-corrected chi connectivity index (χ2v) is 6.91. The number of hydrogen-bond acceptors (Lipinski definition) is 3. The molecule has 130 valence electrons. The minimum atomic E-state index is 0.0770. The van der Waals surface area contributed by atoms with E-state index < -0.39 is 0 Å². The van der Waals surface area contributed by atoms with Crippen molar-refractivity contribution in [3.05, 3.63) is 89.5 Å². The monoisotopic (exact) mass is 344 g/mol. The third-order valence-electron chi connectivity index (χ3n) is 5.29. The van der Waals surface area contributed by atoms with Gasteiger partial charge in [-0.1, -0.05) is 30.3 Å². The lowest BCUT2D eigenvalue weighted by atomic mass is 9.92. The maximum absolute atomic E-state index is 10.0. The molecule has 3 heterocycles. The predicted molar refractivity (Wildman–Crippen MR) is 101 cm³/mol. The molecule has 4 aromatic rings. The Morgan fingerprint density at radius 3 is 2.88 bits per heavy atom. The van der Waals surface area contributed by atoms with Crippen molar-refractivity contribution in [1.82, 2.24) is 9.88 Å². The molecule has 4 nitrogen and oxygen atoms in total. The summed E-state index contributed by atoms with van der Waals surface area (Å²) in [6.45, 7) is 1.77. The number of phenols is 1. The van der Waals surface area contributed by atoms with E-state index >= 15 is 0 Å². The molecule has 1 aliphatic rings. The molecule has 0 saturated carbocycles. The fraction of sp³-hybridized carbons (Fsp3) is 0.182. The number of furan rings is 1. The van der Waals surface area contributed by atoms with Gasteiger partial charge >= 0.3 is 0 Å². The van der Waals surface area contributed by atoms with Crippen LogP contribution in [0.25, 0.3) is 10.9 Å². The summed E-state index contributed by atoms with van der Waals surface area (Å²) < 4.78 is 5.26. The van der Waals surface area contributed by atoms with Crippen LogP contribution in [0.2, 0.25) is 0 Å². The highest BCUT2D eigenvalue weighted by atomic mass is 16.3. The Hall–Kier alpha value is -2.98. The first-order chi connectivity index (χ1) is 12.8. The fourth-order valence-electron chi connectivity index (χ4n) is 4.15. The Kier molecular flexibility index (Phi) is 3.57. The second kappa shape index (κ2) is 6.07. The van der Waals surface area contributed by atoms with Gasteiger partial charge < -0.3 is 14.5 Å². The smallest absolute Gasteiger partial charge is 0.115 e. The fourth-order valence-corrected chi connectivity index (χ4v) is 4.15. The molecule has 0 fully saturated rings. The maximum Gasteiger partial charge on any atom is 0.115 e. The van der Waals surface area contributed by atoms with Crippen LogP contribution in [0.3, 0.4) is 0 Å². The molecule has 1 aliphatic heterocycles. The number of para-hydroxylation sites is 1. The van der Waals surface area contributed by atoms with Gasteiger partial charge in [0.1, 0.15) is 5.75 Å². The van der Waals surface area contributed by atoms with Crippen molar-refractivity contribution in [2.75, 3.05) is 6.54 Å². The molecule has 0 bridgehead atoms. The molecule has 0 saturated heterocycles. The number of fused-ring (bicyclic) bond motifs is 3. The number of rotatable bonds is 3. The Morgan fingerprint density at radius 1 is 1.12 bits per heavy atom. The first-order valence-corrected chi connectivity index (χ1v) is 8.93. The number of nitrogens with one attached hydrogen (secondary N) is 1. The first-order valence-electron chi connectivity index (χ1n) is 8.93. The first kappa shape index (κ1) is 15.3. The van der Waals surface area contributed by atoms with Crippen LogP contribution in [0.5, 0.6) is 5.75 Å². The SMILES string of the molecule is Oc1cccc([C@H]2c3[nH]c4ccccc4c3CCN2Cc2ccoc2)c1. The lowest BCUT2D eigenvalue weighted by Crippen LogP contribution is -2.35. The van der Waals surface area contributed by atoms with Gasteiger partial charge in [0.15, 0.2) is 0 Å². The van der Waals surface area contributed by atoms with Crippen molar-refractivity contribution in [1.29, 1.82) is 0 Å². The molecule has 0 unspecified atom stereocenters. The van der Waals surface area contributed by atoms with Gasteiger partial charge in [-0.3, -0.25) is 4.90 Å². The van der Waals surface area contributed by atoms with Crippen molar-refractivity contribution in [3.8, 4) is 5.75 Å². The highest BCUT2D eigenvalue weighted by Gasteiger charge is 2.31. The van der Waals surface area contributed by atoms with Crippen molar-refractivity contribution < 1.29 is 9.52 Å². The van der Waals surface area contributed by atoms with Gasteiger partial charge in [0.2, 0.25) is 0 Å². The van der Waals surface area contributed by atoms with E-state index in [1.807, 2.05) is 18.2 Å². The van der Waals surface area contributed by atoms with Gasteiger partial charge in [-0.25, -0.2) is 0 Å². The quantitative estimate of drug-likeness (QED) is 0.570. The lowest BCUT2D eigenvalue weighted by Gasteiger charge is -2.36. The Balaban J connectivity index is 1.65. The van der Waals surface area contributed by atoms with Gasteiger partial charge in [-0.05, 0) is 41.8 Å². The third kappa shape index (κ3) is 2.50. The highest BCUT2D eigenvalue weighted by Crippen LogP contribution is 2.39. The topological polar surface area (TPSA) is 52.4 Å². The minimum absolute atomic E-state index is 0.0770. The molecular weight excluding hydrogens is 324 g/mol. The molecule has 5 rings (SSSR count). The zero-order chi connectivity index (χ0) is 17.5. The van der Waals surface area contributed by atoms with Crippen LogP contribution in [-0.4, -0.2) is 21.5 Å².